The van der Waals surface area contributed by atoms with Gasteiger partial charge >= 0.3 is 0 Å². The zero-order chi connectivity index (χ0) is 19.1. The van der Waals surface area contributed by atoms with Gasteiger partial charge in [0.05, 0.1) is 0 Å². The zero-order valence-electron chi connectivity index (χ0n) is 16.5. The number of pyridine rings is 1. The van der Waals surface area contributed by atoms with Crippen LogP contribution in [0.5, 0.6) is 0 Å². The lowest BCUT2D eigenvalue weighted by Crippen LogP contribution is -2.20. The Bertz CT molecular complexity index is 864. The molecule has 0 aliphatic carbocycles. The summed E-state index contributed by atoms with van der Waals surface area (Å²) < 4.78 is 0. The summed E-state index contributed by atoms with van der Waals surface area (Å²) in [6.45, 7) is 7.77. The van der Waals surface area contributed by atoms with Gasteiger partial charge in [-0.2, -0.15) is 0 Å². The predicted octanol–water partition coefficient (Wildman–Crippen LogP) is 6.74. The summed E-state index contributed by atoms with van der Waals surface area (Å²) in [7, 11) is 0. The molecule has 0 atom stereocenters. The van der Waals surface area contributed by atoms with Crippen molar-refractivity contribution in [3.05, 3.63) is 89.7 Å². The Morgan fingerprint density at radius 3 is 2.11 bits per heavy atom. The maximum atomic E-state index is 4.06. The molecule has 1 aromatic heterocycles. The quantitative estimate of drug-likeness (QED) is 0.466. The molecule has 0 unspecified atom stereocenters. The molecule has 27 heavy (non-hydrogen) atoms. The van der Waals surface area contributed by atoms with E-state index < -0.39 is 0 Å². The fourth-order valence-electron chi connectivity index (χ4n) is 3.07. The lowest BCUT2D eigenvalue weighted by Gasteiger charge is -2.27. The molecule has 2 nitrogen and oxygen atoms in total. The molecule has 0 radical (unpaired) electrons. The van der Waals surface area contributed by atoms with Crippen LogP contribution < -0.4 is 4.90 Å². The Hall–Kier alpha value is -2.87. The first-order chi connectivity index (χ1) is 13.1. The van der Waals surface area contributed by atoms with Crippen molar-refractivity contribution in [2.24, 2.45) is 5.92 Å². The normalized spacial score (nSPS) is 11.3. The summed E-state index contributed by atoms with van der Waals surface area (Å²) >= 11 is 0. The first kappa shape index (κ1) is 18.9. The Kier molecular flexibility index (Phi) is 6.43. The fourth-order valence-corrected chi connectivity index (χ4v) is 3.07. The van der Waals surface area contributed by atoms with Crippen molar-refractivity contribution >= 4 is 23.5 Å². The summed E-state index contributed by atoms with van der Waals surface area (Å²) in [4.78, 5) is 6.49. The minimum absolute atomic E-state index is 0.680. The fraction of sp³-hybridized carbons (Fsp3) is 0.240. The van der Waals surface area contributed by atoms with E-state index in [0.717, 1.165) is 18.5 Å². The minimum Gasteiger partial charge on any atom is -0.341 e. The molecule has 3 aromatic rings. The molecule has 0 N–H and O–H groups in total. The van der Waals surface area contributed by atoms with Crippen LogP contribution in [0.25, 0.3) is 12.2 Å². The molecule has 0 amide bonds. The van der Waals surface area contributed by atoms with Gasteiger partial charge in [-0.05, 0) is 66.3 Å². The molecular formula is C25H28N2. The van der Waals surface area contributed by atoms with Crippen LogP contribution in [0, 0.1) is 12.8 Å². The first-order valence-electron chi connectivity index (χ1n) is 9.65. The van der Waals surface area contributed by atoms with Gasteiger partial charge in [-0.15, -0.1) is 0 Å². The van der Waals surface area contributed by atoms with Crippen LogP contribution in [0.4, 0.5) is 11.4 Å². The monoisotopic (exact) mass is 356 g/mol. The highest BCUT2D eigenvalue weighted by Gasteiger charge is 2.12. The van der Waals surface area contributed by atoms with E-state index in [0.29, 0.717) is 5.92 Å². The number of hydrogen-bond acceptors (Lipinski definition) is 2. The topological polar surface area (TPSA) is 16.1 Å². The van der Waals surface area contributed by atoms with Gasteiger partial charge in [0.2, 0.25) is 0 Å². The highest BCUT2D eigenvalue weighted by Crippen LogP contribution is 2.29. The van der Waals surface area contributed by atoms with Gasteiger partial charge in [-0.3, -0.25) is 4.98 Å². The average molecular weight is 357 g/mol. The SMILES string of the molecule is Cc1ccccc1N(CCC(C)C)c1ccc(/C=C/c2ccncc2)cc1. The number of hydrogen-bond donors (Lipinski definition) is 0. The van der Waals surface area contributed by atoms with Crippen LogP contribution in [-0.4, -0.2) is 11.5 Å². The third-order valence-electron chi connectivity index (χ3n) is 4.72. The van der Waals surface area contributed by atoms with Crippen molar-refractivity contribution in [2.75, 3.05) is 11.4 Å². The number of aryl methyl sites for hydroxylation is 1. The maximum absolute atomic E-state index is 4.06. The Morgan fingerprint density at radius 1 is 0.852 bits per heavy atom. The summed E-state index contributed by atoms with van der Waals surface area (Å²) in [6.07, 6.45) is 9.06. The van der Waals surface area contributed by atoms with E-state index in [9.17, 15) is 0 Å². The van der Waals surface area contributed by atoms with Crippen molar-refractivity contribution in [3.63, 3.8) is 0 Å². The van der Waals surface area contributed by atoms with E-state index in [-0.39, 0.29) is 0 Å². The maximum Gasteiger partial charge on any atom is 0.0440 e. The Morgan fingerprint density at radius 2 is 1.48 bits per heavy atom. The van der Waals surface area contributed by atoms with E-state index in [1.54, 1.807) is 0 Å². The van der Waals surface area contributed by atoms with Crippen LogP contribution in [0.2, 0.25) is 0 Å². The second-order valence-corrected chi connectivity index (χ2v) is 7.33. The van der Waals surface area contributed by atoms with Crippen LogP contribution in [-0.2, 0) is 0 Å². The van der Waals surface area contributed by atoms with E-state index in [2.05, 4.69) is 91.3 Å². The Balaban J connectivity index is 1.82. The molecule has 0 aliphatic rings. The van der Waals surface area contributed by atoms with E-state index in [1.165, 1.54) is 22.5 Å². The molecule has 0 saturated heterocycles. The van der Waals surface area contributed by atoms with Gasteiger partial charge in [0.15, 0.2) is 0 Å². The number of aromatic nitrogens is 1. The Labute approximate surface area is 163 Å². The summed E-state index contributed by atoms with van der Waals surface area (Å²) in [5, 5.41) is 0. The second-order valence-electron chi connectivity index (χ2n) is 7.33. The van der Waals surface area contributed by atoms with Crippen LogP contribution in [0.1, 0.15) is 37.0 Å². The number of benzene rings is 2. The molecule has 0 bridgehead atoms. The van der Waals surface area contributed by atoms with Crippen LogP contribution >= 0.6 is 0 Å². The second kappa shape index (κ2) is 9.18. The molecule has 0 fully saturated rings. The van der Waals surface area contributed by atoms with Gasteiger partial charge in [0, 0.05) is 30.3 Å². The highest BCUT2D eigenvalue weighted by molar-refractivity contribution is 5.72. The van der Waals surface area contributed by atoms with E-state index in [4.69, 9.17) is 0 Å². The van der Waals surface area contributed by atoms with Gasteiger partial charge in [0.25, 0.3) is 0 Å². The standard InChI is InChI=1S/C25H28N2/c1-20(2)16-19-27(25-7-5-4-6-21(25)3)24-12-10-22(11-13-24)8-9-23-14-17-26-18-15-23/h4-15,17-18,20H,16,19H2,1-3H3/b9-8+. The zero-order valence-corrected chi connectivity index (χ0v) is 16.5. The molecule has 0 spiro atoms. The summed E-state index contributed by atoms with van der Waals surface area (Å²) in [6, 6.07) is 21.5. The van der Waals surface area contributed by atoms with Crippen molar-refractivity contribution in [1.29, 1.82) is 0 Å². The van der Waals surface area contributed by atoms with Crippen molar-refractivity contribution in [1.82, 2.24) is 4.98 Å². The van der Waals surface area contributed by atoms with Crippen molar-refractivity contribution in [2.45, 2.75) is 27.2 Å². The molecular weight excluding hydrogens is 328 g/mol. The van der Waals surface area contributed by atoms with Crippen molar-refractivity contribution < 1.29 is 0 Å². The van der Waals surface area contributed by atoms with Crippen LogP contribution in [0.15, 0.2) is 73.1 Å². The molecule has 0 aliphatic heterocycles. The third kappa shape index (κ3) is 5.30. The van der Waals surface area contributed by atoms with Gasteiger partial charge in [0.1, 0.15) is 0 Å². The lowest BCUT2D eigenvalue weighted by molar-refractivity contribution is 0.591. The summed E-state index contributed by atoms with van der Waals surface area (Å²) in [5.41, 5.74) is 6.20. The average Bonchev–Trinajstić information content (AvgIpc) is 2.69. The predicted molar refractivity (Wildman–Crippen MR) is 117 cm³/mol. The number of rotatable bonds is 7. The molecule has 2 aromatic carbocycles. The first-order valence-corrected chi connectivity index (χ1v) is 9.65. The molecule has 138 valence electrons. The van der Waals surface area contributed by atoms with Crippen LogP contribution in [0.3, 0.4) is 0 Å². The number of anilines is 2. The van der Waals surface area contributed by atoms with Gasteiger partial charge in [-0.1, -0.05) is 56.3 Å². The summed E-state index contributed by atoms with van der Waals surface area (Å²) in [5.74, 6) is 0.680. The van der Waals surface area contributed by atoms with E-state index in [1.807, 2.05) is 24.5 Å². The molecule has 2 heteroatoms. The molecule has 0 saturated carbocycles. The molecule has 1 heterocycles. The van der Waals surface area contributed by atoms with E-state index >= 15 is 0 Å². The number of para-hydroxylation sites is 1. The van der Waals surface area contributed by atoms with Gasteiger partial charge < -0.3 is 4.90 Å². The lowest BCUT2D eigenvalue weighted by atomic mass is 10.1. The molecule has 3 rings (SSSR count). The highest BCUT2D eigenvalue weighted by atomic mass is 15.1. The largest absolute Gasteiger partial charge is 0.341 e. The minimum atomic E-state index is 0.680. The third-order valence-corrected chi connectivity index (χ3v) is 4.72. The number of nitrogens with zero attached hydrogens (tertiary/aromatic N) is 2. The smallest absolute Gasteiger partial charge is 0.0440 e. The van der Waals surface area contributed by atoms with Gasteiger partial charge in [-0.25, -0.2) is 0 Å². The van der Waals surface area contributed by atoms with Crippen molar-refractivity contribution in [3.8, 4) is 0 Å².